The van der Waals surface area contributed by atoms with Gasteiger partial charge in [-0.05, 0) is 18.4 Å². The molecule has 1 aromatic carbocycles. The van der Waals surface area contributed by atoms with Crippen LogP contribution in [0.5, 0.6) is 0 Å². The Bertz CT molecular complexity index is 1040. The Labute approximate surface area is 169 Å². The Morgan fingerprint density at radius 3 is 2.76 bits per heavy atom. The first-order valence-electron chi connectivity index (χ1n) is 10.1. The molecule has 4 heterocycles. The first-order chi connectivity index (χ1) is 14.2. The number of carbonyl (C=O) groups excluding carboxylic acids is 1. The fourth-order valence-corrected chi connectivity index (χ4v) is 4.55. The van der Waals surface area contributed by atoms with Crippen LogP contribution in [0.15, 0.2) is 49.1 Å². The fraction of sp³-hybridized carbons (Fsp3) is 0.364. The van der Waals surface area contributed by atoms with Crippen LogP contribution >= 0.6 is 0 Å². The maximum atomic E-state index is 12.6. The van der Waals surface area contributed by atoms with Gasteiger partial charge in [0.25, 0.3) is 0 Å². The van der Waals surface area contributed by atoms with E-state index in [1.54, 1.807) is 12.7 Å². The first-order valence-corrected chi connectivity index (χ1v) is 10.1. The summed E-state index contributed by atoms with van der Waals surface area (Å²) in [6.45, 7) is 3.32. The standard InChI is InChI=1S/C22H24N6O/c29-18-13-22(14-28(18)10-4-7-17-5-2-1-3-6-17)8-11-27(12-9-22)21-19-20(24-15-23-19)25-16-26-21/h1-7,15-16H,8-14H2,(H,23,24,25,26). The predicted molar refractivity (Wildman–Crippen MR) is 112 cm³/mol. The molecule has 148 valence electrons. The highest BCUT2D eigenvalue weighted by Crippen LogP contribution is 2.42. The highest BCUT2D eigenvalue weighted by molar-refractivity contribution is 5.83. The zero-order valence-corrected chi connectivity index (χ0v) is 16.3. The van der Waals surface area contributed by atoms with Crippen LogP contribution in [0.3, 0.4) is 0 Å². The van der Waals surface area contributed by atoms with E-state index in [4.69, 9.17) is 0 Å². The fourth-order valence-electron chi connectivity index (χ4n) is 4.55. The van der Waals surface area contributed by atoms with Gasteiger partial charge in [-0.2, -0.15) is 0 Å². The van der Waals surface area contributed by atoms with Gasteiger partial charge < -0.3 is 14.8 Å². The predicted octanol–water partition coefficient (Wildman–Crippen LogP) is 2.89. The lowest BCUT2D eigenvalue weighted by Gasteiger charge is -2.39. The van der Waals surface area contributed by atoms with Gasteiger partial charge in [0.2, 0.25) is 5.91 Å². The zero-order chi connectivity index (χ0) is 19.7. The molecule has 2 saturated heterocycles. The Morgan fingerprint density at radius 2 is 1.93 bits per heavy atom. The lowest BCUT2D eigenvalue weighted by Crippen LogP contribution is -2.42. The number of likely N-dealkylation sites (tertiary alicyclic amines) is 1. The smallest absolute Gasteiger partial charge is 0.223 e. The highest BCUT2D eigenvalue weighted by Gasteiger charge is 2.44. The van der Waals surface area contributed by atoms with E-state index in [0.717, 1.165) is 49.4 Å². The van der Waals surface area contributed by atoms with Gasteiger partial charge in [-0.15, -0.1) is 0 Å². The van der Waals surface area contributed by atoms with E-state index in [9.17, 15) is 4.79 Å². The molecule has 2 fully saturated rings. The van der Waals surface area contributed by atoms with Crippen molar-refractivity contribution >= 4 is 29.0 Å². The summed E-state index contributed by atoms with van der Waals surface area (Å²) in [7, 11) is 0. The van der Waals surface area contributed by atoms with E-state index in [1.165, 1.54) is 0 Å². The largest absolute Gasteiger partial charge is 0.355 e. The molecule has 2 aliphatic heterocycles. The van der Waals surface area contributed by atoms with Crippen molar-refractivity contribution in [2.24, 2.45) is 5.41 Å². The molecule has 0 bridgehead atoms. The minimum Gasteiger partial charge on any atom is -0.355 e. The van der Waals surface area contributed by atoms with E-state index >= 15 is 0 Å². The van der Waals surface area contributed by atoms with Crippen LogP contribution in [0.25, 0.3) is 17.2 Å². The van der Waals surface area contributed by atoms with Crippen LogP contribution in [0.1, 0.15) is 24.8 Å². The molecule has 2 aromatic heterocycles. The molecule has 1 N–H and O–H groups in total. The second-order valence-electron chi connectivity index (χ2n) is 8.05. The summed E-state index contributed by atoms with van der Waals surface area (Å²) in [5.74, 6) is 1.18. The van der Waals surface area contributed by atoms with Gasteiger partial charge in [-0.1, -0.05) is 42.5 Å². The van der Waals surface area contributed by atoms with Gasteiger partial charge in [-0.25, -0.2) is 15.0 Å². The van der Waals surface area contributed by atoms with Crippen LogP contribution in [0.4, 0.5) is 5.82 Å². The molecule has 0 unspecified atom stereocenters. The number of anilines is 1. The van der Waals surface area contributed by atoms with Gasteiger partial charge in [0.1, 0.15) is 11.8 Å². The third-order valence-corrected chi connectivity index (χ3v) is 6.17. The normalized spacial score (nSPS) is 19.1. The van der Waals surface area contributed by atoms with E-state index in [-0.39, 0.29) is 11.3 Å². The Morgan fingerprint density at radius 1 is 1.10 bits per heavy atom. The maximum Gasteiger partial charge on any atom is 0.223 e. The van der Waals surface area contributed by atoms with Crippen molar-refractivity contribution in [2.75, 3.05) is 31.1 Å². The monoisotopic (exact) mass is 388 g/mol. The molecular weight excluding hydrogens is 364 g/mol. The number of aromatic amines is 1. The summed E-state index contributed by atoms with van der Waals surface area (Å²) in [6, 6.07) is 10.2. The number of hydrogen-bond acceptors (Lipinski definition) is 5. The van der Waals surface area contributed by atoms with Crippen molar-refractivity contribution in [2.45, 2.75) is 19.3 Å². The van der Waals surface area contributed by atoms with E-state index in [1.807, 2.05) is 23.1 Å². The summed E-state index contributed by atoms with van der Waals surface area (Å²) in [5, 5.41) is 0. The van der Waals surface area contributed by atoms with Crippen molar-refractivity contribution < 1.29 is 4.79 Å². The van der Waals surface area contributed by atoms with E-state index in [2.05, 4.69) is 49.1 Å². The van der Waals surface area contributed by atoms with Gasteiger partial charge in [-0.3, -0.25) is 4.79 Å². The molecule has 0 saturated carbocycles. The molecule has 7 nitrogen and oxygen atoms in total. The third-order valence-electron chi connectivity index (χ3n) is 6.17. The maximum absolute atomic E-state index is 12.6. The molecule has 1 spiro atoms. The van der Waals surface area contributed by atoms with Gasteiger partial charge in [0.15, 0.2) is 11.5 Å². The molecule has 0 atom stereocenters. The zero-order valence-electron chi connectivity index (χ0n) is 16.3. The number of H-pyrrole nitrogens is 1. The number of nitrogens with one attached hydrogen (secondary N) is 1. The summed E-state index contributed by atoms with van der Waals surface area (Å²) < 4.78 is 0. The number of imidazole rings is 1. The van der Waals surface area contributed by atoms with E-state index < -0.39 is 0 Å². The Balaban J connectivity index is 1.22. The number of amides is 1. The summed E-state index contributed by atoms with van der Waals surface area (Å²) in [6.07, 6.45) is 10.1. The van der Waals surface area contributed by atoms with Crippen molar-refractivity contribution in [3.63, 3.8) is 0 Å². The molecule has 1 amide bonds. The topological polar surface area (TPSA) is 78.0 Å². The van der Waals surface area contributed by atoms with Crippen molar-refractivity contribution in [3.8, 4) is 0 Å². The average Bonchev–Trinajstić information content (AvgIpc) is 3.34. The summed E-state index contributed by atoms with van der Waals surface area (Å²) in [4.78, 5) is 33.0. The number of rotatable bonds is 4. The highest BCUT2D eigenvalue weighted by atomic mass is 16.2. The second kappa shape index (κ2) is 7.31. The van der Waals surface area contributed by atoms with Gasteiger partial charge >= 0.3 is 0 Å². The molecule has 29 heavy (non-hydrogen) atoms. The number of hydrogen-bond donors (Lipinski definition) is 1. The Hall–Kier alpha value is -3.22. The molecular formula is C22H24N6O. The van der Waals surface area contributed by atoms with Gasteiger partial charge in [0, 0.05) is 38.0 Å². The van der Waals surface area contributed by atoms with Crippen molar-refractivity contribution in [3.05, 3.63) is 54.6 Å². The van der Waals surface area contributed by atoms with E-state index in [0.29, 0.717) is 18.6 Å². The molecule has 2 aliphatic rings. The third kappa shape index (κ3) is 3.48. The number of aromatic nitrogens is 4. The Kier molecular flexibility index (Phi) is 4.50. The molecule has 5 rings (SSSR count). The number of nitrogens with zero attached hydrogens (tertiary/aromatic N) is 5. The number of fused-ring (bicyclic) bond motifs is 1. The summed E-state index contributed by atoms with van der Waals surface area (Å²) in [5.41, 5.74) is 2.84. The first kappa shape index (κ1) is 17.8. The number of piperidine rings is 1. The van der Waals surface area contributed by atoms with Crippen molar-refractivity contribution in [1.29, 1.82) is 0 Å². The minimum absolute atomic E-state index is 0.0916. The lowest BCUT2D eigenvalue weighted by molar-refractivity contribution is -0.127. The van der Waals surface area contributed by atoms with Crippen LogP contribution in [0.2, 0.25) is 0 Å². The number of carbonyl (C=O) groups is 1. The molecule has 0 aliphatic carbocycles. The van der Waals surface area contributed by atoms with Crippen LogP contribution in [0, 0.1) is 5.41 Å². The van der Waals surface area contributed by atoms with Crippen molar-refractivity contribution in [1.82, 2.24) is 24.8 Å². The van der Waals surface area contributed by atoms with Crippen LogP contribution in [-0.2, 0) is 4.79 Å². The SMILES string of the molecule is O=C1CC2(CCN(c3ncnc4nc[nH]c34)CC2)CN1CC=Cc1ccccc1. The van der Waals surface area contributed by atoms with Gasteiger partial charge in [0.05, 0.1) is 6.33 Å². The second-order valence-corrected chi connectivity index (χ2v) is 8.05. The molecule has 7 heteroatoms. The average molecular weight is 388 g/mol. The quantitative estimate of drug-likeness (QED) is 0.744. The molecule has 0 radical (unpaired) electrons. The van der Waals surface area contributed by atoms with Crippen LogP contribution in [-0.4, -0.2) is 56.9 Å². The minimum atomic E-state index is 0.0916. The van der Waals surface area contributed by atoms with Crippen LogP contribution < -0.4 is 4.90 Å². The summed E-state index contributed by atoms with van der Waals surface area (Å²) >= 11 is 0. The number of benzene rings is 1. The lowest BCUT2D eigenvalue weighted by atomic mass is 9.77. The molecule has 3 aromatic rings.